The van der Waals surface area contributed by atoms with Crippen molar-refractivity contribution in [1.82, 2.24) is 10.9 Å². The molecule has 2 N–H and O–H groups in total. The number of hydrogen-bond donors (Lipinski definition) is 2. The number of rotatable bonds is 2. The second-order valence-electron chi connectivity index (χ2n) is 6.57. The Morgan fingerprint density at radius 3 is 2.67 bits per heavy atom. The molecule has 2 heterocycles. The molecule has 0 bridgehead atoms. The van der Waals surface area contributed by atoms with Gasteiger partial charge in [0.25, 0.3) is 0 Å². The molecule has 2 aliphatic heterocycles. The van der Waals surface area contributed by atoms with Gasteiger partial charge in [-0.2, -0.15) is 0 Å². The van der Waals surface area contributed by atoms with Crippen molar-refractivity contribution in [3.63, 3.8) is 0 Å². The number of nitrogens with one attached hydrogen (secondary N) is 2. The third kappa shape index (κ3) is 2.60. The van der Waals surface area contributed by atoms with Gasteiger partial charge < -0.3 is 4.90 Å². The minimum absolute atomic E-state index is 0.00713. The van der Waals surface area contributed by atoms with E-state index in [9.17, 15) is 9.18 Å². The average Bonchev–Trinajstić information content (AvgIpc) is 3.19. The SMILES string of the molecule is CC1Cc2ccccc2N1C(=O)C1CC(c2ccc(F)cc2)NN1. The maximum Gasteiger partial charge on any atom is 0.245 e. The molecule has 2 aromatic rings. The molecule has 4 nitrogen and oxygen atoms in total. The number of hydrogen-bond acceptors (Lipinski definition) is 3. The normalized spacial score (nSPS) is 25.8. The fourth-order valence-electron chi connectivity index (χ4n) is 3.70. The predicted molar refractivity (Wildman–Crippen MR) is 90.9 cm³/mol. The molecule has 24 heavy (non-hydrogen) atoms. The van der Waals surface area contributed by atoms with Gasteiger partial charge in [-0.1, -0.05) is 30.3 Å². The Kier molecular flexibility index (Phi) is 3.82. The van der Waals surface area contributed by atoms with Gasteiger partial charge in [-0.05, 0) is 49.1 Å². The quantitative estimate of drug-likeness (QED) is 0.892. The number of halogens is 1. The fourth-order valence-corrected chi connectivity index (χ4v) is 3.70. The summed E-state index contributed by atoms with van der Waals surface area (Å²) < 4.78 is 13.1. The van der Waals surface area contributed by atoms with Crippen molar-refractivity contribution in [2.24, 2.45) is 0 Å². The maximum atomic E-state index is 13.1. The number of nitrogens with zero attached hydrogens (tertiary/aromatic N) is 1. The largest absolute Gasteiger partial charge is 0.308 e. The number of para-hydroxylation sites is 1. The minimum Gasteiger partial charge on any atom is -0.308 e. The number of fused-ring (bicyclic) bond motifs is 1. The molecule has 0 radical (unpaired) electrons. The summed E-state index contributed by atoms with van der Waals surface area (Å²) in [5, 5.41) is 0. The molecule has 124 valence electrons. The van der Waals surface area contributed by atoms with Gasteiger partial charge in [0.2, 0.25) is 5.91 Å². The summed E-state index contributed by atoms with van der Waals surface area (Å²) in [6.45, 7) is 2.08. The number of carbonyl (C=O) groups is 1. The Balaban J connectivity index is 1.51. The van der Waals surface area contributed by atoms with Crippen LogP contribution in [0.1, 0.15) is 30.5 Å². The van der Waals surface area contributed by atoms with Gasteiger partial charge in [-0.3, -0.25) is 4.79 Å². The first-order chi connectivity index (χ1) is 11.6. The van der Waals surface area contributed by atoms with Gasteiger partial charge in [-0.25, -0.2) is 15.2 Å². The molecule has 3 unspecified atom stereocenters. The van der Waals surface area contributed by atoms with Crippen LogP contribution in [0.25, 0.3) is 0 Å². The third-order valence-electron chi connectivity index (χ3n) is 4.92. The van der Waals surface area contributed by atoms with Gasteiger partial charge in [0.15, 0.2) is 0 Å². The summed E-state index contributed by atoms with van der Waals surface area (Å²) in [6.07, 6.45) is 1.54. The zero-order valence-electron chi connectivity index (χ0n) is 13.5. The minimum atomic E-state index is -0.284. The molecule has 0 aromatic heterocycles. The standard InChI is InChI=1S/C19H20FN3O/c1-12-10-14-4-2-3-5-18(14)23(12)19(24)17-11-16(21-22-17)13-6-8-15(20)9-7-13/h2-9,12,16-17,21-22H,10-11H2,1H3. The molecule has 5 heteroatoms. The Morgan fingerprint density at radius 1 is 1.12 bits per heavy atom. The molecule has 1 amide bonds. The van der Waals surface area contributed by atoms with Crippen LogP contribution in [0.4, 0.5) is 10.1 Å². The number of amides is 1. The van der Waals surface area contributed by atoms with Crippen LogP contribution < -0.4 is 15.8 Å². The van der Waals surface area contributed by atoms with Crippen LogP contribution in [0.2, 0.25) is 0 Å². The Bertz CT molecular complexity index is 761. The number of carbonyl (C=O) groups excluding carboxylic acids is 1. The maximum absolute atomic E-state index is 13.1. The lowest BCUT2D eigenvalue weighted by atomic mass is 10.0. The number of hydrazine groups is 1. The van der Waals surface area contributed by atoms with Crippen LogP contribution in [-0.2, 0) is 11.2 Å². The van der Waals surface area contributed by atoms with Crippen molar-refractivity contribution in [2.45, 2.75) is 37.9 Å². The molecule has 0 saturated carbocycles. The summed E-state index contributed by atoms with van der Waals surface area (Å²) in [5.41, 5.74) is 9.50. The van der Waals surface area contributed by atoms with E-state index in [0.717, 1.165) is 17.7 Å². The summed E-state index contributed by atoms with van der Waals surface area (Å²) in [4.78, 5) is 14.9. The highest BCUT2D eigenvalue weighted by molar-refractivity contribution is 5.99. The Hall–Kier alpha value is -2.24. The van der Waals surface area contributed by atoms with Crippen molar-refractivity contribution in [2.75, 3.05) is 4.90 Å². The fraction of sp³-hybridized carbons (Fsp3) is 0.316. The van der Waals surface area contributed by atoms with Crippen LogP contribution in [0.5, 0.6) is 0 Å². The van der Waals surface area contributed by atoms with Crippen molar-refractivity contribution >= 4 is 11.6 Å². The second kappa shape index (κ2) is 6.00. The summed E-state index contributed by atoms with van der Waals surface area (Å²) in [5.74, 6) is -0.163. The van der Waals surface area contributed by atoms with E-state index in [1.807, 2.05) is 23.1 Å². The summed E-state index contributed by atoms with van der Waals surface area (Å²) in [6, 6.07) is 14.4. The smallest absolute Gasteiger partial charge is 0.245 e. The molecule has 2 aromatic carbocycles. The van der Waals surface area contributed by atoms with E-state index < -0.39 is 0 Å². The lowest BCUT2D eigenvalue weighted by Crippen LogP contribution is -2.47. The van der Waals surface area contributed by atoms with E-state index in [1.165, 1.54) is 17.7 Å². The van der Waals surface area contributed by atoms with Gasteiger partial charge in [0, 0.05) is 17.8 Å². The molecule has 3 atom stereocenters. The van der Waals surface area contributed by atoms with Crippen LogP contribution in [-0.4, -0.2) is 18.0 Å². The first-order valence-electron chi connectivity index (χ1n) is 8.31. The topological polar surface area (TPSA) is 44.4 Å². The van der Waals surface area contributed by atoms with Crippen LogP contribution in [0.3, 0.4) is 0 Å². The summed E-state index contributed by atoms with van der Waals surface area (Å²) >= 11 is 0. The highest BCUT2D eigenvalue weighted by atomic mass is 19.1. The van der Waals surface area contributed by atoms with Gasteiger partial charge in [0.1, 0.15) is 11.9 Å². The molecule has 1 fully saturated rings. The van der Waals surface area contributed by atoms with Crippen molar-refractivity contribution in [1.29, 1.82) is 0 Å². The second-order valence-corrected chi connectivity index (χ2v) is 6.57. The zero-order valence-corrected chi connectivity index (χ0v) is 13.5. The highest BCUT2D eigenvalue weighted by Gasteiger charge is 2.38. The molecule has 0 aliphatic carbocycles. The van der Waals surface area contributed by atoms with E-state index in [-0.39, 0.29) is 29.8 Å². The van der Waals surface area contributed by atoms with Crippen LogP contribution in [0.15, 0.2) is 48.5 Å². The Morgan fingerprint density at radius 2 is 1.88 bits per heavy atom. The van der Waals surface area contributed by atoms with Crippen molar-refractivity contribution in [3.8, 4) is 0 Å². The van der Waals surface area contributed by atoms with Gasteiger partial charge in [0.05, 0.1) is 0 Å². The van der Waals surface area contributed by atoms with E-state index in [4.69, 9.17) is 0 Å². The molecule has 4 rings (SSSR count). The lowest BCUT2D eigenvalue weighted by Gasteiger charge is -2.25. The van der Waals surface area contributed by atoms with E-state index in [0.29, 0.717) is 6.42 Å². The van der Waals surface area contributed by atoms with E-state index >= 15 is 0 Å². The first kappa shape index (κ1) is 15.3. The molecular weight excluding hydrogens is 305 g/mol. The monoisotopic (exact) mass is 325 g/mol. The van der Waals surface area contributed by atoms with Gasteiger partial charge in [-0.15, -0.1) is 0 Å². The lowest BCUT2D eigenvalue weighted by molar-refractivity contribution is -0.120. The molecule has 0 spiro atoms. The van der Waals surface area contributed by atoms with E-state index in [1.54, 1.807) is 12.1 Å². The van der Waals surface area contributed by atoms with Crippen LogP contribution >= 0.6 is 0 Å². The Labute approximate surface area is 140 Å². The van der Waals surface area contributed by atoms with Crippen LogP contribution in [0, 0.1) is 5.82 Å². The summed E-state index contributed by atoms with van der Waals surface area (Å²) in [7, 11) is 0. The number of anilines is 1. The van der Waals surface area contributed by atoms with Crippen molar-refractivity contribution in [3.05, 3.63) is 65.5 Å². The highest BCUT2D eigenvalue weighted by Crippen LogP contribution is 2.33. The zero-order chi connectivity index (χ0) is 16.7. The van der Waals surface area contributed by atoms with Crippen molar-refractivity contribution < 1.29 is 9.18 Å². The molecule has 1 saturated heterocycles. The molecular formula is C19H20FN3O. The predicted octanol–water partition coefficient (Wildman–Crippen LogP) is 2.71. The van der Waals surface area contributed by atoms with E-state index in [2.05, 4.69) is 23.8 Å². The third-order valence-corrected chi connectivity index (χ3v) is 4.92. The first-order valence-corrected chi connectivity index (χ1v) is 8.31. The number of benzene rings is 2. The average molecular weight is 325 g/mol. The molecule has 2 aliphatic rings. The van der Waals surface area contributed by atoms with Gasteiger partial charge >= 0.3 is 0 Å².